The lowest BCUT2D eigenvalue weighted by molar-refractivity contribution is -0.121. The smallest absolute Gasteiger partial charge is 0.261 e. The van der Waals surface area contributed by atoms with Crippen molar-refractivity contribution in [1.82, 2.24) is 9.80 Å². The predicted octanol–water partition coefficient (Wildman–Crippen LogP) is 1.76. The first-order valence-electron chi connectivity index (χ1n) is 9.23. The topological polar surface area (TPSA) is 84.0 Å². The number of piperidine rings is 1. The van der Waals surface area contributed by atoms with E-state index in [4.69, 9.17) is 4.74 Å². The van der Waals surface area contributed by atoms with Gasteiger partial charge in [0.25, 0.3) is 17.7 Å². The van der Waals surface area contributed by atoms with Gasteiger partial charge in [-0.3, -0.25) is 24.1 Å². The number of fused-ring (bicyclic) bond motifs is 1. The minimum Gasteiger partial charge on any atom is -0.385 e. The van der Waals surface area contributed by atoms with Crippen LogP contribution in [0.2, 0.25) is 0 Å². The van der Waals surface area contributed by atoms with Gasteiger partial charge in [-0.05, 0) is 44.4 Å². The van der Waals surface area contributed by atoms with Gasteiger partial charge in [0.05, 0.1) is 11.1 Å². The van der Waals surface area contributed by atoms with Crippen LogP contribution in [0.1, 0.15) is 57.3 Å². The van der Waals surface area contributed by atoms with Crippen molar-refractivity contribution in [2.45, 2.75) is 26.2 Å². The van der Waals surface area contributed by atoms with Gasteiger partial charge >= 0.3 is 0 Å². The number of likely N-dealkylation sites (tertiary alicyclic amines) is 1. The maximum Gasteiger partial charge on any atom is 0.261 e. The SMILES string of the molecule is COCCCN1C(=O)c2ccc(C(=O)N3CCC(C(C)=O)CC3)cc2C1=O. The van der Waals surface area contributed by atoms with E-state index in [0.717, 1.165) is 0 Å². The van der Waals surface area contributed by atoms with E-state index in [1.165, 1.54) is 11.0 Å². The van der Waals surface area contributed by atoms with E-state index in [0.29, 0.717) is 56.6 Å². The Labute approximate surface area is 158 Å². The van der Waals surface area contributed by atoms with Gasteiger partial charge in [0.15, 0.2) is 0 Å². The summed E-state index contributed by atoms with van der Waals surface area (Å²) in [7, 11) is 1.57. The molecule has 7 nitrogen and oxygen atoms in total. The van der Waals surface area contributed by atoms with Gasteiger partial charge in [-0.2, -0.15) is 0 Å². The Morgan fingerprint density at radius 3 is 2.41 bits per heavy atom. The van der Waals surface area contributed by atoms with Gasteiger partial charge in [0.2, 0.25) is 0 Å². The Morgan fingerprint density at radius 2 is 1.78 bits per heavy atom. The number of rotatable bonds is 6. The second-order valence-electron chi connectivity index (χ2n) is 7.05. The fraction of sp³-hybridized carbons (Fsp3) is 0.500. The first kappa shape index (κ1) is 19.2. The van der Waals surface area contributed by atoms with E-state index >= 15 is 0 Å². The highest BCUT2D eigenvalue weighted by Crippen LogP contribution is 2.26. The molecule has 144 valence electrons. The van der Waals surface area contributed by atoms with Crippen LogP contribution in [0, 0.1) is 5.92 Å². The number of benzene rings is 1. The molecular weight excluding hydrogens is 348 g/mol. The van der Waals surface area contributed by atoms with Gasteiger partial charge in [0, 0.05) is 44.8 Å². The molecule has 0 saturated carbocycles. The molecule has 3 rings (SSSR count). The van der Waals surface area contributed by atoms with Crippen molar-refractivity contribution in [2.24, 2.45) is 5.92 Å². The monoisotopic (exact) mass is 372 g/mol. The average Bonchev–Trinajstić information content (AvgIpc) is 2.92. The van der Waals surface area contributed by atoms with Gasteiger partial charge in [0.1, 0.15) is 5.78 Å². The summed E-state index contributed by atoms with van der Waals surface area (Å²) >= 11 is 0. The Morgan fingerprint density at radius 1 is 1.11 bits per heavy atom. The summed E-state index contributed by atoms with van der Waals surface area (Å²) in [6, 6.07) is 4.68. The van der Waals surface area contributed by atoms with Crippen molar-refractivity contribution in [3.8, 4) is 0 Å². The molecule has 1 saturated heterocycles. The number of methoxy groups -OCH3 is 1. The van der Waals surface area contributed by atoms with Crippen LogP contribution in [-0.2, 0) is 9.53 Å². The van der Waals surface area contributed by atoms with Crippen LogP contribution >= 0.6 is 0 Å². The second kappa shape index (κ2) is 8.00. The largest absolute Gasteiger partial charge is 0.385 e. The predicted molar refractivity (Wildman–Crippen MR) is 97.6 cm³/mol. The lowest BCUT2D eigenvalue weighted by atomic mass is 9.93. The van der Waals surface area contributed by atoms with Crippen LogP contribution in [-0.4, -0.2) is 66.7 Å². The van der Waals surface area contributed by atoms with Crippen LogP contribution in [0.4, 0.5) is 0 Å². The fourth-order valence-corrected chi connectivity index (χ4v) is 3.67. The Kier molecular flexibility index (Phi) is 5.70. The molecule has 0 radical (unpaired) electrons. The van der Waals surface area contributed by atoms with E-state index in [2.05, 4.69) is 0 Å². The average molecular weight is 372 g/mol. The summed E-state index contributed by atoms with van der Waals surface area (Å²) in [6.07, 6.45) is 1.90. The molecule has 3 amide bonds. The minimum absolute atomic E-state index is 0.0222. The van der Waals surface area contributed by atoms with Crippen molar-refractivity contribution in [2.75, 3.05) is 33.4 Å². The third kappa shape index (κ3) is 3.78. The van der Waals surface area contributed by atoms with Crippen molar-refractivity contribution < 1.29 is 23.9 Å². The maximum absolute atomic E-state index is 12.8. The molecule has 2 aliphatic heterocycles. The number of Topliss-reactive ketones (excluding diaryl/α,β-unsaturated/α-hetero) is 1. The van der Waals surface area contributed by atoms with Crippen LogP contribution in [0.15, 0.2) is 18.2 Å². The molecule has 1 aromatic rings. The van der Waals surface area contributed by atoms with E-state index in [9.17, 15) is 19.2 Å². The molecule has 0 N–H and O–H groups in total. The quantitative estimate of drug-likeness (QED) is 0.561. The van der Waals surface area contributed by atoms with Gasteiger partial charge in [-0.15, -0.1) is 0 Å². The standard InChI is InChI=1S/C20H24N2O5/c1-13(23)14-6-9-21(10-7-14)18(24)15-4-5-16-17(12-15)20(26)22(19(16)25)8-3-11-27-2/h4-5,12,14H,3,6-11H2,1-2H3. The molecule has 0 aliphatic carbocycles. The molecule has 1 aromatic carbocycles. The molecular formula is C20H24N2O5. The summed E-state index contributed by atoms with van der Waals surface area (Å²) in [5.41, 5.74) is 1.01. The highest BCUT2D eigenvalue weighted by molar-refractivity contribution is 6.22. The van der Waals surface area contributed by atoms with Crippen LogP contribution in [0.3, 0.4) is 0 Å². The Hall–Kier alpha value is -2.54. The zero-order valence-corrected chi connectivity index (χ0v) is 15.7. The maximum atomic E-state index is 12.8. The van der Waals surface area contributed by atoms with Crippen molar-refractivity contribution in [3.63, 3.8) is 0 Å². The number of ketones is 1. The van der Waals surface area contributed by atoms with E-state index in [-0.39, 0.29) is 35.0 Å². The third-order valence-electron chi connectivity index (χ3n) is 5.30. The van der Waals surface area contributed by atoms with Gasteiger partial charge in [-0.25, -0.2) is 0 Å². The zero-order valence-electron chi connectivity index (χ0n) is 15.7. The Balaban J connectivity index is 1.72. The molecule has 2 aliphatic rings. The number of hydrogen-bond acceptors (Lipinski definition) is 5. The first-order chi connectivity index (χ1) is 12.9. The van der Waals surface area contributed by atoms with Crippen LogP contribution in [0.5, 0.6) is 0 Å². The van der Waals surface area contributed by atoms with Gasteiger partial charge < -0.3 is 9.64 Å². The van der Waals surface area contributed by atoms with Crippen LogP contribution in [0.25, 0.3) is 0 Å². The fourth-order valence-electron chi connectivity index (χ4n) is 3.67. The number of hydrogen-bond donors (Lipinski definition) is 0. The number of imide groups is 1. The second-order valence-corrected chi connectivity index (χ2v) is 7.05. The number of nitrogens with zero attached hydrogens (tertiary/aromatic N) is 2. The van der Waals surface area contributed by atoms with Crippen molar-refractivity contribution >= 4 is 23.5 Å². The lowest BCUT2D eigenvalue weighted by Gasteiger charge is -2.31. The molecule has 0 spiro atoms. The molecule has 0 aromatic heterocycles. The first-order valence-corrected chi connectivity index (χ1v) is 9.23. The normalized spacial score (nSPS) is 17.4. The van der Waals surface area contributed by atoms with E-state index in [1.54, 1.807) is 31.1 Å². The molecule has 2 heterocycles. The summed E-state index contributed by atoms with van der Waals surface area (Å²) in [4.78, 5) is 52.2. The lowest BCUT2D eigenvalue weighted by Crippen LogP contribution is -2.40. The summed E-state index contributed by atoms with van der Waals surface area (Å²) in [5, 5.41) is 0. The summed E-state index contributed by atoms with van der Waals surface area (Å²) < 4.78 is 4.97. The summed E-state index contributed by atoms with van der Waals surface area (Å²) in [6.45, 7) is 3.39. The molecule has 27 heavy (non-hydrogen) atoms. The number of ether oxygens (including phenoxy) is 1. The number of amides is 3. The van der Waals surface area contributed by atoms with E-state index in [1.807, 2.05) is 0 Å². The van der Waals surface area contributed by atoms with Crippen molar-refractivity contribution in [1.29, 1.82) is 0 Å². The molecule has 0 atom stereocenters. The molecule has 7 heteroatoms. The summed E-state index contributed by atoms with van der Waals surface area (Å²) in [5.74, 6) is -0.674. The minimum atomic E-state index is -0.365. The highest BCUT2D eigenvalue weighted by Gasteiger charge is 2.36. The zero-order chi connectivity index (χ0) is 19.6. The van der Waals surface area contributed by atoms with Crippen LogP contribution < -0.4 is 0 Å². The third-order valence-corrected chi connectivity index (χ3v) is 5.30. The van der Waals surface area contributed by atoms with Crippen molar-refractivity contribution in [3.05, 3.63) is 34.9 Å². The molecule has 0 unspecified atom stereocenters. The molecule has 0 bridgehead atoms. The highest BCUT2D eigenvalue weighted by atomic mass is 16.5. The number of carbonyl (C=O) groups is 4. The molecule has 1 fully saturated rings. The van der Waals surface area contributed by atoms with E-state index < -0.39 is 0 Å². The number of carbonyl (C=O) groups excluding carboxylic acids is 4. The Bertz CT molecular complexity index is 781. The van der Waals surface area contributed by atoms with Gasteiger partial charge in [-0.1, -0.05) is 0 Å².